The van der Waals surface area contributed by atoms with Gasteiger partial charge in [-0.15, -0.1) is 23.7 Å². The second-order valence-electron chi connectivity index (χ2n) is 5.68. The standard InChI is InChI=1S/C15H22N2OS.ClH/c1-2-15(8-4-9-16-15)14(18)17-12-5-3-6-13-11(12)7-10-19-13;/h7,10,12,16H,2-6,8-9H2,1H3,(H,17,18);1H. The molecule has 1 aliphatic carbocycles. The lowest BCUT2D eigenvalue weighted by Crippen LogP contribution is -2.54. The van der Waals surface area contributed by atoms with Gasteiger partial charge in [0.05, 0.1) is 11.6 Å². The third-order valence-electron chi connectivity index (χ3n) is 4.64. The number of nitrogens with one attached hydrogen (secondary N) is 2. The Kier molecular flexibility index (Phi) is 5.10. The molecule has 1 aliphatic heterocycles. The average Bonchev–Trinajstić information content (AvgIpc) is 3.08. The maximum absolute atomic E-state index is 12.6. The van der Waals surface area contributed by atoms with Crippen molar-refractivity contribution in [3.63, 3.8) is 0 Å². The zero-order valence-corrected chi connectivity index (χ0v) is 13.5. The molecule has 2 heterocycles. The Hall–Kier alpha value is -0.580. The van der Waals surface area contributed by atoms with Crippen molar-refractivity contribution in [1.82, 2.24) is 10.6 Å². The lowest BCUT2D eigenvalue weighted by molar-refractivity contribution is -0.128. The van der Waals surface area contributed by atoms with Crippen LogP contribution in [0.5, 0.6) is 0 Å². The van der Waals surface area contributed by atoms with Gasteiger partial charge >= 0.3 is 0 Å². The lowest BCUT2D eigenvalue weighted by atomic mass is 9.90. The smallest absolute Gasteiger partial charge is 0.240 e. The van der Waals surface area contributed by atoms with E-state index in [1.807, 2.05) is 11.3 Å². The van der Waals surface area contributed by atoms with E-state index < -0.39 is 0 Å². The van der Waals surface area contributed by atoms with Gasteiger partial charge in [0.2, 0.25) is 5.91 Å². The van der Waals surface area contributed by atoms with E-state index >= 15 is 0 Å². The first-order valence-corrected chi connectivity index (χ1v) is 8.25. The summed E-state index contributed by atoms with van der Waals surface area (Å²) in [6.45, 7) is 3.07. The van der Waals surface area contributed by atoms with E-state index in [2.05, 4.69) is 29.0 Å². The molecule has 3 nitrogen and oxygen atoms in total. The fourth-order valence-corrected chi connectivity index (χ4v) is 4.38. The molecule has 0 saturated carbocycles. The van der Waals surface area contributed by atoms with E-state index in [4.69, 9.17) is 0 Å². The van der Waals surface area contributed by atoms with E-state index in [1.54, 1.807) is 0 Å². The van der Waals surface area contributed by atoms with Crippen LogP contribution in [-0.2, 0) is 11.2 Å². The van der Waals surface area contributed by atoms with E-state index in [0.29, 0.717) is 0 Å². The van der Waals surface area contributed by atoms with Crippen molar-refractivity contribution < 1.29 is 4.79 Å². The van der Waals surface area contributed by atoms with Crippen LogP contribution in [-0.4, -0.2) is 18.0 Å². The van der Waals surface area contributed by atoms with Crippen molar-refractivity contribution in [2.75, 3.05) is 6.54 Å². The van der Waals surface area contributed by atoms with Crippen LogP contribution in [0.15, 0.2) is 11.4 Å². The topological polar surface area (TPSA) is 41.1 Å². The Labute approximate surface area is 130 Å². The minimum Gasteiger partial charge on any atom is -0.348 e. The lowest BCUT2D eigenvalue weighted by Gasteiger charge is -2.31. The van der Waals surface area contributed by atoms with Crippen molar-refractivity contribution in [2.24, 2.45) is 0 Å². The number of carbonyl (C=O) groups excluding carboxylic acids is 1. The highest BCUT2D eigenvalue weighted by Gasteiger charge is 2.40. The van der Waals surface area contributed by atoms with Gasteiger partial charge in [-0.1, -0.05) is 6.92 Å². The molecule has 0 aromatic carbocycles. The van der Waals surface area contributed by atoms with Crippen LogP contribution in [0, 0.1) is 0 Å². The minimum absolute atomic E-state index is 0. The summed E-state index contributed by atoms with van der Waals surface area (Å²) < 4.78 is 0. The van der Waals surface area contributed by atoms with Crippen molar-refractivity contribution in [1.29, 1.82) is 0 Å². The Morgan fingerprint density at radius 2 is 2.40 bits per heavy atom. The van der Waals surface area contributed by atoms with Crippen molar-refractivity contribution in [2.45, 2.75) is 57.0 Å². The summed E-state index contributed by atoms with van der Waals surface area (Å²) in [6.07, 6.45) is 6.40. The molecule has 0 spiro atoms. The second kappa shape index (κ2) is 6.46. The molecule has 0 bridgehead atoms. The van der Waals surface area contributed by atoms with Crippen molar-refractivity contribution in [3.8, 4) is 0 Å². The molecule has 2 atom stereocenters. The highest BCUT2D eigenvalue weighted by molar-refractivity contribution is 7.10. The summed E-state index contributed by atoms with van der Waals surface area (Å²) in [5.41, 5.74) is 1.04. The van der Waals surface area contributed by atoms with E-state index in [9.17, 15) is 4.79 Å². The summed E-state index contributed by atoms with van der Waals surface area (Å²) >= 11 is 1.83. The molecule has 2 unspecified atom stereocenters. The molecule has 1 aromatic rings. The van der Waals surface area contributed by atoms with Gasteiger partial charge in [0.15, 0.2) is 0 Å². The largest absolute Gasteiger partial charge is 0.348 e. The maximum atomic E-state index is 12.6. The van der Waals surface area contributed by atoms with Crippen LogP contribution in [0.1, 0.15) is 55.5 Å². The molecule has 0 radical (unpaired) electrons. The number of rotatable bonds is 3. The number of amides is 1. The van der Waals surface area contributed by atoms with Gasteiger partial charge in [-0.25, -0.2) is 0 Å². The Morgan fingerprint density at radius 1 is 1.55 bits per heavy atom. The summed E-state index contributed by atoms with van der Waals surface area (Å²) in [4.78, 5) is 14.1. The fraction of sp³-hybridized carbons (Fsp3) is 0.667. The van der Waals surface area contributed by atoms with Crippen molar-refractivity contribution in [3.05, 3.63) is 21.9 Å². The minimum atomic E-state index is -0.312. The fourth-order valence-electron chi connectivity index (χ4n) is 3.40. The van der Waals surface area contributed by atoms with Gasteiger partial charge in [-0.05, 0) is 62.1 Å². The van der Waals surface area contributed by atoms with Crippen molar-refractivity contribution >= 4 is 29.7 Å². The highest BCUT2D eigenvalue weighted by Crippen LogP contribution is 2.34. The molecule has 2 N–H and O–H groups in total. The first-order chi connectivity index (χ1) is 9.25. The normalized spacial score (nSPS) is 28.6. The third kappa shape index (κ3) is 2.74. The van der Waals surface area contributed by atoms with Crippen LogP contribution in [0.25, 0.3) is 0 Å². The number of hydrogen-bond donors (Lipinski definition) is 2. The Balaban J connectivity index is 0.00000147. The summed E-state index contributed by atoms with van der Waals surface area (Å²) in [5, 5.41) is 8.87. The van der Waals surface area contributed by atoms with E-state index in [0.717, 1.165) is 32.2 Å². The number of aryl methyl sites for hydroxylation is 1. The second-order valence-corrected chi connectivity index (χ2v) is 6.68. The molecule has 5 heteroatoms. The Bertz CT molecular complexity index is 468. The zero-order valence-electron chi connectivity index (χ0n) is 11.9. The number of hydrogen-bond acceptors (Lipinski definition) is 3. The van der Waals surface area contributed by atoms with Gasteiger partial charge in [0.25, 0.3) is 0 Å². The molecule has 3 rings (SSSR count). The zero-order chi connectivity index (χ0) is 13.3. The first kappa shape index (κ1) is 15.8. The Morgan fingerprint density at radius 3 is 3.10 bits per heavy atom. The number of thiophene rings is 1. The molecule has 112 valence electrons. The number of fused-ring (bicyclic) bond motifs is 1. The van der Waals surface area contributed by atoms with Crippen LogP contribution in [0.2, 0.25) is 0 Å². The van der Waals surface area contributed by atoms with Gasteiger partial charge < -0.3 is 10.6 Å². The van der Waals surface area contributed by atoms with Gasteiger partial charge in [-0.2, -0.15) is 0 Å². The van der Waals surface area contributed by atoms with E-state index in [1.165, 1.54) is 23.3 Å². The summed E-state index contributed by atoms with van der Waals surface area (Å²) in [7, 11) is 0. The molecule has 1 saturated heterocycles. The average molecular weight is 315 g/mol. The highest BCUT2D eigenvalue weighted by atomic mass is 35.5. The maximum Gasteiger partial charge on any atom is 0.240 e. The molecule has 1 aromatic heterocycles. The predicted octanol–water partition coefficient (Wildman–Crippen LogP) is 3.20. The quantitative estimate of drug-likeness (QED) is 0.899. The molecule has 1 amide bonds. The summed E-state index contributed by atoms with van der Waals surface area (Å²) in [6, 6.07) is 2.42. The molecule has 2 aliphatic rings. The third-order valence-corrected chi connectivity index (χ3v) is 5.64. The van der Waals surface area contributed by atoms with E-state index in [-0.39, 0.29) is 29.9 Å². The summed E-state index contributed by atoms with van der Waals surface area (Å²) in [5.74, 6) is 0.205. The van der Waals surface area contributed by atoms with Gasteiger partial charge in [-0.3, -0.25) is 4.79 Å². The van der Waals surface area contributed by atoms with Crippen LogP contribution in [0.4, 0.5) is 0 Å². The SMILES string of the molecule is CCC1(C(=O)NC2CCCc3sccc32)CCCN1.Cl. The monoisotopic (exact) mass is 314 g/mol. The van der Waals surface area contributed by atoms with Crippen LogP contribution < -0.4 is 10.6 Å². The van der Waals surface area contributed by atoms with Gasteiger partial charge in [0, 0.05) is 4.88 Å². The van der Waals surface area contributed by atoms with Crippen LogP contribution in [0.3, 0.4) is 0 Å². The number of halogens is 1. The number of carbonyl (C=O) groups is 1. The molecule has 1 fully saturated rings. The molecular formula is C15H23ClN2OS. The van der Waals surface area contributed by atoms with Crippen LogP contribution >= 0.6 is 23.7 Å². The van der Waals surface area contributed by atoms with Gasteiger partial charge in [0.1, 0.15) is 0 Å². The molecule has 20 heavy (non-hydrogen) atoms. The predicted molar refractivity (Wildman–Crippen MR) is 85.6 cm³/mol. The molecular weight excluding hydrogens is 292 g/mol. The first-order valence-electron chi connectivity index (χ1n) is 7.37.